The van der Waals surface area contributed by atoms with Gasteiger partial charge >= 0.3 is 0 Å². The van der Waals surface area contributed by atoms with Crippen LogP contribution < -0.4 is 5.73 Å². The van der Waals surface area contributed by atoms with Gasteiger partial charge in [-0.25, -0.2) is 0 Å². The number of thioether (sulfide) groups is 1. The molecular weight excluding hydrogens is 190 g/mol. The van der Waals surface area contributed by atoms with Gasteiger partial charge in [-0.3, -0.25) is 0 Å². The molecule has 0 bridgehead atoms. The van der Waals surface area contributed by atoms with Crippen LogP contribution in [0.25, 0.3) is 0 Å². The molecule has 0 unspecified atom stereocenters. The third kappa shape index (κ3) is 1.52. The minimum absolute atomic E-state index is 0.318. The molecule has 1 heterocycles. The standard InChI is InChI=1S/C12H17NS/c1-8-6-9-11(7-10(8)13)14-5-4-12(9,2)3/h6-7H,4-5,13H2,1-3H3. The molecule has 1 aliphatic rings. The topological polar surface area (TPSA) is 26.0 Å². The Bertz CT molecular complexity index is 369. The van der Waals surface area contributed by atoms with E-state index in [1.54, 1.807) is 0 Å². The van der Waals surface area contributed by atoms with E-state index in [9.17, 15) is 0 Å². The average molecular weight is 207 g/mol. The zero-order valence-corrected chi connectivity index (χ0v) is 9.87. The van der Waals surface area contributed by atoms with Crippen LogP contribution in [0.3, 0.4) is 0 Å². The fourth-order valence-corrected chi connectivity index (χ4v) is 3.44. The van der Waals surface area contributed by atoms with E-state index in [0.29, 0.717) is 5.41 Å². The summed E-state index contributed by atoms with van der Waals surface area (Å²) in [5.74, 6) is 1.21. The van der Waals surface area contributed by atoms with Crippen LogP contribution in [-0.4, -0.2) is 5.75 Å². The lowest BCUT2D eigenvalue weighted by Gasteiger charge is -2.32. The molecule has 0 aromatic heterocycles. The number of hydrogen-bond donors (Lipinski definition) is 1. The zero-order chi connectivity index (χ0) is 10.3. The van der Waals surface area contributed by atoms with E-state index in [4.69, 9.17) is 5.73 Å². The monoisotopic (exact) mass is 207 g/mol. The highest BCUT2D eigenvalue weighted by Gasteiger charge is 2.28. The summed E-state index contributed by atoms with van der Waals surface area (Å²) in [6.07, 6.45) is 1.26. The molecule has 0 radical (unpaired) electrons. The van der Waals surface area contributed by atoms with Gasteiger partial charge in [0.25, 0.3) is 0 Å². The summed E-state index contributed by atoms with van der Waals surface area (Å²) < 4.78 is 0. The number of nitrogens with two attached hydrogens (primary N) is 1. The normalized spacial score (nSPS) is 19.1. The van der Waals surface area contributed by atoms with E-state index in [1.807, 2.05) is 11.8 Å². The van der Waals surface area contributed by atoms with Gasteiger partial charge in [-0.15, -0.1) is 11.8 Å². The highest BCUT2D eigenvalue weighted by atomic mass is 32.2. The minimum atomic E-state index is 0.318. The first-order valence-corrected chi connectivity index (χ1v) is 6.03. The summed E-state index contributed by atoms with van der Waals surface area (Å²) in [7, 11) is 0. The minimum Gasteiger partial charge on any atom is -0.398 e. The molecule has 0 saturated carbocycles. The number of aryl methyl sites for hydroxylation is 1. The van der Waals surface area contributed by atoms with Crippen molar-refractivity contribution in [2.75, 3.05) is 11.5 Å². The maximum absolute atomic E-state index is 5.92. The zero-order valence-electron chi connectivity index (χ0n) is 9.05. The highest BCUT2D eigenvalue weighted by Crippen LogP contribution is 2.42. The smallest absolute Gasteiger partial charge is 0.0355 e. The van der Waals surface area contributed by atoms with Crippen LogP contribution in [0.15, 0.2) is 17.0 Å². The van der Waals surface area contributed by atoms with Crippen molar-refractivity contribution in [1.29, 1.82) is 0 Å². The average Bonchev–Trinajstić information content (AvgIpc) is 2.08. The Morgan fingerprint density at radius 3 is 2.79 bits per heavy atom. The Morgan fingerprint density at radius 1 is 1.36 bits per heavy atom. The van der Waals surface area contributed by atoms with Crippen LogP contribution in [0.5, 0.6) is 0 Å². The van der Waals surface area contributed by atoms with Crippen molar-refractivity contribution in [3.8, 4) is 0 Å². The molecule has 76 valence electrons. The van der Waals surface area contributed by atoms with Crippen molar-refractivity contribution in [3.05, 3.63) is 23.3 Å². The Morgan fingerprint density at radius 2 is 2.07 bits per heavy atom. The Hall–Kier alpha value is -0.630. The first-order valence-electron chi connectivity index (χ1n) is 5.04. The maximum atomic E-state index is 5.92. The van der Waals surface area contributed by atoms with Crippen LogP contribution in [0.2, 0.25) is 0 Å². The molecule has 0 aliphatic carbocycles. The highest BCUT2D eigenvalue weighted by molar-refractivity contribution is 7.99. The van der Waals surface area contributed by atoms with Gasteiger partial charge in [0.15, 0.2) is 0 Å². The lowest BCUT2D eigenvalue weighted by atomic mass is 9.81. The molecular formula is C12H17NS. The summed E-state index contributed by atoms with van der Waals surface area (Å²) >= 11 is 1.93. The van der Waals surface area contributed by atoms with Crippen molar-refractivity contribution < 1.29 is 0 Å². The molecule has 1 aromatic carbocycles. The number of benzene rings is 1. The predicted octanol–water partition coefficient (Wildman–Crippen LogP) is 3.35. The molecule has 1 nitrogen and oxygen atoms in total. The van der Waals surface area contributed by atoms with Gasteiger partial charge in [-0.2, -0.15) is 0 Å². The van der Waals surface area contributed by atoms with Crippen molar-refractivity contribution in [3.63, 3.8) is 0 Å². The molecule has 0 fully saturated rings. The summed E-state index contributed by atoms with van der Waals surface area (Å²) in [5, 5.41) is 0. The molecule has 2 N–H and O–H groups in total. The second-order valence-electron chi connectivity index (χ2n) is 4.69. The lowest BCUT2D eigenvalue weighted by Crippen LogP contribution is -2.23. The van der Waals surface area contributed by atoms with E-state index in [2.05, 4.69) is 32.9 Å². The third-order valence-electron chi connectivity index (χ3n) is 3.08. The van der Waals surface area contributed by atoms with Crippen molar-refractivity contribution in [2.45, 2.75) is 37.5 Å². The number of rotatable bonds is 0. The quantitative estimate of drug-likeness (QED) is 0.660. The van der Waals surface area contributed by atoms with Crippen molar-refractivity contribution in [1.82, 2.24) is 0 Å². The summed E-state index contributed by atoms with van der Waals surface area (Å²) in [6, 6.07) is 4.40. The molecule has 0 amide bonds. The van der Waals surface area contributed by atoms with E-state index in [0.717, 1.165) is 5.69 Å². The van der Waals surface area contributed by atoms with Crippen LogP contribution in [-0.2, 0) is 5.41 Å². The van der Waals surface area contributed by atoms with Gasteiger partial charge in [-0.05, 0) is 41.7 Å². The third-order valence-corrected chi connectivity index (χ3v) is 4.14. The number of nitrogen functional groups attached to an aromatic ring is 1. The summed E-state index contributed by atoms with van der Waals surface area (Å²) in [4.78, 5) is 1.38. The molecule has 14 heavy (non-hydrogen) atoms. The predicted molar refractivity (Wildman–Crippen MR) is 64.0 cm³/mol. The Balaban J connectivity index is 2.59. The fraction of sp³-hybridized carbons (Fsp3) is 0.500. The van der Waals surface area contributed by atoms with Crippen LogP contribution in [0, 0.1) is 6.92 Å². The lowest BCUT2D eigenvalue weighted by molar-refractivity contribution is 0.494. The first kappa shape index (κ1) is 9.91. The summed E-state index contributed by atoms with van der Waals surface area (Å²) in [5.41, 5.74) is 9.84. The molecule has 1 aromatic rings. The van der Waals surface area contributed by atoms with E-state index < -0.39 is 0 Å². The number of fused-ring (bicyclic) bond motifs is 1. The van der Waals surface area contributed by atoms with Gasteiger partial charge in [0.1, 0.15) is 0 Å². The first-order chi connectivity index (χ1) is 6.50. The molecule has 2 rings (SSSR count). The van der Waals surface area contributed by atoms with Crippen LogP contribution >= 0.6 is 11.8 Å². The summed E-state index contributed by atoms with van der Waals surface area (Å²) in [6.45, 7) is 6.73. The van der Waals surface area contributed by atoms with Gasteiger partial charge in [-0.1, -0.05) is 19.9 Å². The van der Waals surface area contributed by atoms with Gasteiger partial charge < -0.3 is 5.73 Å². The van der Waals surface area contributed by atoms with Crippen molar-refractivity contribution >= 4 is 17.4 Å². The van der Waals surface area contributed by atoms with E-state index in [1.165, 1.54) is 28.2 Å². The second-order valence-corrected chi connectivity index (χ2v) is 5.82. The molecule has 1 aliphatic heterocycles. The molecule has 0 spiro atoms. The Kier molecular flexibility index (Phi) is 2.26. The maximum Gasteiger partial charge on any atom is 0.0355 e. The molecule has 2 heteroatoms. The number of anilines is 1. The van der Waals surface area contributed by atoms with Crippen LogP contribution in [0.1, 0.15) is 31.4 Å². The molecule has 0 saturated heterocycles. The van der Waals surface area contributed by atoms with Gasteiger partial charge in [0.2, 0.25) is 0 Å². The fourth-order valence-electron chi connectivity index (χ4n) is 1.90. The van der Waals surface area contributed by atoms with E-state index >= 15 is 0 Å². The number of hydrogen-bond acceptors (Lipinski definition) is 2. The van der Waals surface area contributed by atoms with Gasteiger partial charge in [0.05, 0.1) is 0 Å². The SMILES string of the molecule is Cc1cc2c(cc1N)SCCC2(C)C. The van der Waals surface area contributed by atoms with Gasteiger partial charge in [0, 0.05) is 10.6 Å². The molecule has 0 atom stereocenters. The largest absolute Gasteiger partial charge is 0.398 e. The van der Waals surface area contributed by atoms with Crippen molar-refractivity contribution in [2.24, 2.45) is 0 Å². The van der Waals surface area contributed by atoms with Crippen LogP contribution in [0.4, 0.5) is 5.69 Å². The Labute approximate surface area is 90.1 Å². The van der Waals surface area contributed by atoms with E-state index in [-0.39, 0.29) is 0 Å². The second kappa shape index (κ2) is 3.20.